The summed E-state index contributed by atoms with van der Waals surface area (Å²) in [4.78, 5) is 0. The highest BCUT2D eigenvalue weighted by atomic mass is 16.5. The second kappa shape index (κ2) is 7.62. The van der Waals surface area contributed by atoms with E-state index in [4.69, 9.17) is 14.2 Å². The maximum atomic E-state index is 10.2. The van der Waals surface area contributed by atoms with Gasteiger partial charge in [-0.3, -0.25) is 0 Å². The van der Waals surface area contributed by atoms with Crippen LogP contribution in [0, 0.1) is 0 Å². The lowest BCUT2D eigenvalue weighted by Gasteiger charge is -2.15. The van der Waals surface area contributed by atoms with Crippen LogP contribution < -0.4 is 14.2 Å². The third kappa shape index (κ3) is 3.69. The molecule has 0 aliphatic rings. The van der Waals surface area contributed by atoms with Gasteiger partial charge in [-0.15, -0.1) is 0 Å². The molecule has 0 fully saturated rings. The Hall–Kier alpha value is -3.14. The largest absolute Gasteiger partial charge is 0.504 e. The maximum absolute atomic E-state index is 10.2. The Balaban J connectivity index is 1.94. The van der Waals surface area contributed by atoms with Crippen LogP contribution in [-0.4, -0.2) is 19.3 Å². The predicted octanol–water partition coefficient (Wildman–Crippen LogP) is 4.66. The molecule has 0 spiro atoms. The van der Waals surface area contributed by atoms with Gasteiger partial charge in [-0.1, -0.05) is 48.5 Å². The van der Waals surface area contributed by atoms with Crippen molar-refractivity contribution in [3.8, 4) is 34.1 Å². The Morgan fingerprint density at radius 3 is 2.24 bits per heavy atom. The molecule has 4 nitrogen and oxygen atoms in total. The minimum absolute atomic E-state index is 0.0229. The average molecular weight is 336 g/mol. The zero-order chi connectivity index (χ0) is 17.6. The molecule has 0 aromatic heterocycles. The molecule has 3 rings (SSSR count). The van der Waals surface area contributed by atoms with E-state index in [9.17, 15) is 5.11 Å². The van der Waals surface area contributed by atoms with Crippen LogP contribution >= 0.6 is 0 Å². The van der Waals surface area contributed by atoms with E-state index in [2.05, 4.69) is 0 Å². The Morgan fingerprint density at radius 1 is 0.800 bits per heavy atom. The fourth-order valence-electron chi connectivity index (χ4n) is 2.67. The fourth-order valence-corrected chi connectivity index (χ4v) is 2.67. The topological polar surface area (TPSA) is 47.9 Å². The number of rotatable bonds is 6. The van der Waals surface area contributed by atoms with E-state index in [1.807, 2.05) is 60.7 Å². The molecule has 0 unspecified atom stereocenters. The molecular formula is C21H20O4. The summed E-state index contributed by atoms with van der Waals surface area (Å²) in [5.74, 6) is 1.54. The summed E-state index contributed by atoms with van der Waals surface area (Å²) in [6, 6.07) is 21.2. The first-order valence-corrected chi connectivity index (χ1v) is 7.94. The lowest BCUT2D eigenvalue weighted by atomic mass is 10.0. The van der Waals surface area contributed by atoms with Crippen molar-refractivity contribution in [2.45, 2.75) is 6.61 Å². The number of phenols is 1. The number of methoxy groups -OCH3 is 2. The minimum atomic E-state index is 0.0229. The zero-order valence-electron chi connectivity index (χ0n) is 14.2. The minimum Gasteiger partial charge on any atom is -0.504 e. The van der Waals surface area contributed by atoms with Gasteiger partial charge in [0.2, 0.25) is 5.75 Å². The van der Waals surface area contributed by atoms with E-state index in [1.165, 1.54) is 7.11 Å². The van der Waals surface area contributed by atoms with Crippen LogP contribution in [0.1, 0.15) is 5.56 Å². The molecule has 3 aromatic rings. The lowest BCUT2D eigenvalue weighted by Crippen LogP contribution is -1.97. The molecule has 0 saturated heterocycles. The van der Waals surface area contributed by atoms with E-state index < -0.39 is 0 Å². The summed E-state index contributed by atoms with van der Waals surface area (Å²) in [7, 11) is 3.03. The normalized spacial score (nSPS) is 10.3. The smallest absolute Gasteiger partial charge is 0.203 e. The highest BCUT2D eigenvalue weighted by molar-refractivity contribution is 5.75. The molecule has 0 aliphatic heterocycles. The lowest BCUT2D eigenvalue weighted by molar-refractivity contribution is 0.307. The van der Waals surface area contributed by atoms with Crippen molar-refractivity contribution in [1.82, 2.24) is 0 Å². The van der Waals surface area contributed by atoms with E-state index in [0.717, 1.165) is 22.4 Å². The van der Waals surface area contributed by atoms with Crippen molar-refractivity contribution in [2.24, 2.45) is 0 Å². The summed E-state index contributed by atoms with van der Waals surface area (Å²) >= 11 is 0. The third-order valence-corrected chi connectivity index (χ3v) is 3.89. The molecule has 0 radical (unpaired) electrons. The summed E-state index contributed by atoms with van der Waals surface area (Å²) in [5, 5.41) is 10.2. The summed E-state index contributed by atoms with van der Waals surface area (Å²) in [6.07, 6.45) is 0. The number of para-hydroxylation sites is 1. The van der Waals surface area contributed by atoms with Gasteiger partial charge in [-0.25, -0.2) is 0 Å². The van der Waals surface area contributed by atoms with Crippen molar-refractivity contribution in [2.75, 3.05) is 14.2 Å². The molecule has 1 N–H and O–H groups in total. The van der Waals surface area contributed by atoms with Crippen LogP contribution in [0.15, 0.2) is 66.7 Å². The molecule has 0 saturated carbocycles. The maximum Gasteiger partial charge on any atom is 0.203 e. The first kappa shape index (κ1) is 16.7. The van der Waals surface area contributed by atoms with E-state index >= 15 is 0 Å². The first-order valence-electron chi connectivity index (χ1n) is 7.94. The summed E-state index contributed by atoms with van der Waals surface area (Å²) in [5.41, 5.74) is 2.75. The van der Waals surface area contributed by atoms with Gasteiger partial charge in [0.05, 0.1) is 14.2 Å². The number of phenolic OH excluding ortho intramolecular Hbond substituents is 1. The Kier molecular flexibility index (Phi) is 5.09. The molecular weight excluding hydrogens is 316 g/mol. The predicted molar refractivity (Wildman–Crippen MR) is 97.4 cm³/mol. The number of benzene rings is 3. The molecule has 0 bridgehead atoms. The van der Waals surface area contributed by atoms with Crippen LogP contribution in [0.25, 0.3) is 11.1 Å². The van der Waals surface area contributed by atoms with Crippen LogP contribution in [0.3, 0.4) is 0 Å². The first-order chi connectivity index (χ1) is 12.2. The fraction of sp³-hybridized carbons (Fsp3) is 0.143. The number of aromatic hydroxyl groups is 1. The Bertz CT molecular complexity index is 844. The van der Waals surface area contributed by atoms with Crippen molar-refractivity contribution in [1.29, 1.82) is 0 Å². The van der Waals surface area contributed by atoms with E-state index in [0.29, 0.717) is 18.1 Å². The van der Waals surface area contributed by atoms with E-state index in [-0.39, 0.29) is 5.75 Å². The van der Waals surface area contributed by atoms with Crippen molar-refractivity contribution < 1.29 is 19.3 Å². The highest BCUT2D eigenvalue weighted by Gasteiger charge is 2.15. The average Bonchev–Trinajstić information content (AvgIpc) is 2.66. The standard InChI is InChI=1S/C21H20O4/c1-23-20-13-16(12-18(22)21(20)24-2)17-10-6-7-11-19(17)25-14-15-8-4-3-5-9-15/h3-13,22H,14H2,1-2H3. The second-order valence-corrected chi connectivity index (χ2v) is 5.50. The SMILES string of the molecule is COc1cc(-c2ccccc2OCc2ccccc2)cc(O)c1OC. The van der Waals surface area contributed by atoms with Crippen LogP contribution in [0.4, 0.5) is 0 Å². The highest BCUT2D eigenvalue weighted by Crippen LogP contribution is 2.42. The third-order valence-electron chi connectivity index (χ3n) is 3.89. The van der Waals surface area contributed by atoms with Crippen LogP contribution in [0.2, 0.25) is 0 Å². The van der Waals surface area contributed by atoms with Gasteiger partial charge < -0.3 is 19.3 Å². The van der Waals surface area contributed by atoms with Gasteiger partial charge in [0.15, 0.2) is 11.5 Å². The summed E-state index contributed by atoms with van der Waals surface area (Å²) < 4.78 is 16.5. The Morgan fingerprint density at radius 2 is 1.52 bits per heavy atom. The van der Waals surface area contributed by atoms with Gasteiger partial charge in [-0.05, 0) is 29.3 Å². The zero-order valence-corrected chi connectivity index (χ0v) is 14.2. The number of ether oxygens (including phenoxy) is 3. The molecule has 0 heterocycles. The van der Waals surface area contributed by atoms with E-state index in [1.54, 1.807) is 13.2 Å². The molecule has 0 amide bonds. The monoisotopic (exact) mass is 336 g/mol. The molecule has 0 aliphatic carbocycles. The molecule has 4 heteroatoms. The van der Waals surface area contributed by atoms with Crippen molar-refractivity contribution in [3.05, 3.63) is 72.3 Å². The van der Waals surface area contributed by atoms with Gasteiger partial charge >= 0.3 is 0 Å². The van der Waals surface area contributed by atoms with Gasteiger partial charge in [0.25, 0.3) is 0 Å². The Labute approximate surface area is 147 Å². The quantitative estimate of drug-likeness (QED) is 0.711. The van der Waals surface area contributed by atoms with Gasteiger partial charge in [-0.2, -0.15) is 0 Å². The second-order valence-electron chi connectivity index (χ2n) is 5.50. The number of hydrogen-bond acceptors (Lipinski definition) is 4. The van der Waals surface area contributed by atoms with Gasteiger partial charge in [0.1, 0.15) is 12.4 Å². The molecule has 0 atom stereocenters. The van der Waals surface area contributed by atoms with Crippen molar-refractivity contribution in [3.63, 3.8) is 0 Å². The van der Waals surface area contributed by atoms with Crippen LogP contribution in [0.5, 0.6) is 23.0 Å². The van der Waals surface area contributed by atoms with Gasteiger partial charge in [0, 0.05) is 5.56 Å². The molecule has 3 aromatic carbocycles. The number of hydrogen-bond donors (Lipinski definition) is 1. The molecule has 128 valence electrons. The van der Waals surface area contributed by atoms with Crippen LogP contribution in [-0.2, 0) is 6.61 Å². The summed E-state index contributed by atoms with van der Waals surface area (Å²) in [6.45, 7) is 0.469. The van der Waals surface area contributed by atoms with Crippen molar-refractivity contribution >= 4 is 0 Å². The molecule has 25 heavy (non-hydrogen) atoms.